The smallest absolute Gasteiger partial charge is 0.290 e. The third-order valence-electron chi connectivity index (χ3n) is 5.89. The maximum Gasteiger partial charge on any atom is 0.290 e. The molecule has 0 aromatic carbocycles. The van der Waals surface area contributed by atoms with E-state index in [4.69, 9.17) is 4.52 Å². The molecule has 0 saturated carbocycles. The van der Waals surface area contributed by atoms with Crippen molar-refractivity contribution in [1.29, 1.82) is 0 Å². The van der Waals surface area contributed by atoms with Gasteiger partial charge in [0.25, 0.3) is 11.5 Å². The summed E-state index contributed by atoms with van der Waals surface area (Å²) in [7, 11) is 0. The fourth-order valence-electron chi connectivity index (χ4n) is 4.31. The van der Waals surface area contributed by atoms with E-state index < -0.39 is 0 Å². The number of aryl methyl sites for hydroxylation is 1. The predicted octanol–water partition coefficient (Wildman–Crippen LogP) is 2.48. The van der Waals surface area contributed by atoms with Gasteiger partial charge >= 0.3 is 0 Å². The van der Waals surface area contributed by atoms with Gasteiger partial charge in [-0.1, -0.05) is 5.16 Å². The quantitative estimate of drug-likeness (QED) is 0.830. The highest BCUT2D eigenvalue weighted by atomic mass is 16.5. The van der Waals surface area contributed by atoms with Gasteiger partial charge in [-0.3, -0.25) is 9.59 Å². The van der Waals surface area contributed by atoms with E-state index in [2.05, 4.69) is 20.5 Å². The Balaban J connectivity index is 1.47. The van der Waals surface area contributed by atoms with Crippen molar-refractivity contribution < 1.29 is 9.32 Å². The van der Waals surface area contributed by atoms with Crippen molar-refractivity contribution >= 4 is 11.7 Å². The molecule has 0 bridgehead atoms. The minimum atomic E-state index is -0.189. The number of hydrogen-bond acceptors (Lipinski definition) is 6. The number of anilines is 1. The molecule has 2 aromatic rings. The summed E-state index contributed by atoms with van der Waals surface area (Å²) in [5, 5.41) is 11.7. The summed E-state index contributed by atoms with van der Waals surface area (Å²) >= 11 is 0. The highest BCUT2D eigenvalue weighted by Gasteiger charge is 2.28. The summed E-state index contributed by atoms with van der Waals surface area (Å²) in [6.07, 6.45) is 7.07. The van der Waals surface area contributed by atoms with Crippen LogP contribution in [0.4, 0.5) is 5.82 Å². The van der Waals surface area contributed by atoms with E-state index in [1.54, 1.807) is 12.1 Å². The van der Waals surface area contributed by atoms with Crippen LogP contribution in [-0.4, -0.2) is 40.0 Å². The molecule has 1 aliphatic carbocycles. The largest absolute Gasteiger partial charge is 0.350 e. The van der Waals surface area contributed by atoms with Crippen LogP contribution in [0.1, 0.15) is 73.8 Å². The Morgan fingerprint density at radius 3 is 2.90 bits per heavy atom. The van der Waals surface area contributed by atoms with E-state index in [0.717, 1.165) is 68.6 Å². The molecule has 4 rings (SSSR count). The first-order valence-electron chi connectivity index (χ1n) is 10.7. The van der Waals surface area contributed by atoms with Crippen molar-refractivity contribution in [2.45, 2.75) is 70.9 Å². The Kier molecular flexibility index (Phi) is 5.69. The first-order chi connectivity index (χ1) is 14.0. The summed E-state index contributed by atoms with van der Waals surface area (Å²) in [6, 6.07) is 3.50. The lowest BCUT2D eigenvalue weighted by Gasteiger charge is -2.36. The Bertz CT molecular complexity index is 933. The summed E-state index contributed by atoms with van der Waals surface area (Å²) in [4.78, 5) is 27.0. The molecular weight excluding hydrogens is 370 g/mol. The summed E-state index contributed by atoms with van der Waals surface area (Å²) in [5.74, 6) is 0.967. The predicted molar refractivity (Wildman–Crippen MR) is 109 cm³/mol. The SMILES string of the molecule is CC(C)n1nc(N2CCCCC2CNC(=O)c2onc3c2CCCC3)ccc1=O. The summed E-state index contributed by atoms with van der Waals surface area (Å²) in [5.41, 5.74) is 1.81. The van der Waals surface area contributed by atoms with Crippen molar-refractivity contribution in [2.24, 2.45) is 0 Å². The van der Waals surface area contributed by atoms with Crippen LogP contribution in [0.15, 0.2) is 21.5 Å². The van der Waals surface area contributed by atoms with Gasteiger partial charge in [0.1, 0.15) is 5.82 Å². The third kappa shape index (κ3) is 4.06. The summed E-state index contributed by atoms with van der Waals surface area (Å²) < 4.78 is 6.87. The van der Waals surface area contributed by atoms with Crippen molar-refractivity contribution in [1.82, 2.24) is 20.3 Å². The van der Waals surface area contributed by atoms with Gasteiger partial charge < -0.3 is 14.7 Å². The number of rotatable bonds is 5. The highest BCUT2D eigenvalue weighted by Crippen LogP contribution is 2.25. The second-order valence-corrected chi connectivity index (χ2v) is 8.27. The van der Waals surface area contributed by atoms with Gasteiger partial charge in [-0.05, 0) is 64.9 Å². The average molecular weight is 399 g/mol. The number of nitrogens with zero attached hydrogens (tertiary/aromatic N) is 4. The molecule has 2 aromatic heterocycles. The molecule has 156 valence electrons. The average Bonchev–Trinajstić information content (AvgIpc) is 3.17. The molecular formula is C21H29N5O3. The van der Waals surface area contributed by atoms with Crippen LogP contribution >= 0.6 is 0 Å². The molecule has 1 atom stereocenters. The molecule has 1 unspecified atom stereocenters. The minimum Gasteiger partial charge on any atom is -0.350 e. The van der Waals surface area contributed by atoms with Crippen LogP contribution in [0.5, 0.6) is 0 Å². The number of fused-ring (bicyclic) bond motifs is 1. The van der Waals surface area contributed by atoms with Crippen LogP contribution in [0, 0.1) is 0 Å². The zero-order chi connectivity index (χ0) is 20.4. The summed E-state index contributed by atoms with van der Waals surface area (Å²) in [6.45, 7) is 5.27. The maximum absolute atomic E-state index is 12.7. The first kappa shape index (κ1) is 19.7. The van der Waals surface area contributed by atoms with Gasteiger partial charge in [0.2, 0.25) is 5.76 Å². The Morgan fingerprint density at radius 1 is 1.24 bits per heavy atom. The van der Waals surface area contributed by atoms with Gasteiger partial charge in [-0.25, -0.2) is 4.68 Å². The molecule has 0 spiro atoms. The zero-order valence-corrected chi connectivity index (χ0v) is 17.2. The molecule has 2 aliphatic rings. The molecule has 1 fully saturated rings. The minimum absolute atomic E-state index is 0.00280. The van der Waals surface area contributed by atoms with E-state index in [1.807, 2.05) is 13.8 Å². The first-order valence-corrected chi connectivity index (χ1v) is 10.7. The number of carbonyl (C=O) groups excluding carboxylic acids is 1. The molecule has 29 heavy (non-hydrogen) atoms. The van der Waals surface area contributed by atoms with Gasteiger partial charge in [-0.2, -0.15) is 5.10 Å². The number of hydrogen-bond donors (Lipinski definition) is 1. The Labute approximate surface area is 170 Å². The normalized spacial score (nSPS) is 19.3. The van der Waals surface area contributed by atoms with E-state index in [0.29, 0.717) is 12.3 Å². The Hall–Kier alpha value is -2.64. The van der Waals surface area contributed by atoms with Gasteiger partial charge in [0.05, 0.1) is 11.7 Å². The standard InChI is InChI=1S/C21H29N5O3/c1-14(2)26-19(27)11-10-18(23-26)25-12-6-5-7-15(25)13-22-21(28)20-16-8-3-4-9-17(16)24-29-20/h10-11,14-15H,3-9,12-13H2,1-2H3,(H,22,28). The fraction of sp³-hybridized carbons (Fsp3) is 0.619. The lowest BCUT2D eigenvalue weighted by molar-refractivity contribution is 0.0911. The topological polar surface area (TPSA) is 93.3 Å². The van der Waals surface area contributed by atoms with Crippen LogP contribution in [0.3, 0.4) is 0 Å². The van der Waals surface area contributed by atoms with Crippen molar-refractivity contribution in [3.63, 3.8) is 0 Å². The number of nitrogens with one attached hydrogen (secondary N) is 1. The zero-order valence-electron chi connectivity index (χ0n) is 17.2. The molecule has 3 heterocycles. The van der Waals surface area contributed by atoms with Crippen molar-refractivity contribution in [2.75, 3.05) is 18.0 Å². The van der Waals surface area contributed by atoms with E-state index >= 15 is 0 Å². The van der Waals surface area contributed by atoms with Gasteiger partial charge in [0, 0.05) is 30.8 Å². The maximum atomic E-state index is 12.7. The molecule has 1 aliphatic heterocycles. The molecule has 1 saturated heterocycles. The van der Waals surface area contributed by atoms with Crippen LogP contribution < -0.4 is 15.8 Å². The molecule has 1 amide bonds. The lowest BCUT2D eigenvalue weighted by atomic mass is 9.96. The fourth-order valence-corrected chi connectivity index (χ4v) is 4.31. The molecule has 1 N–H and O–H groups in total. The third-order valence-corrected chi connectivity index (χ3v) is 5.89. The highest BCUT2D eigenvalue weighted by molar-refractivity contribution is 5.93. The monoisotopic (exact) mass is 399 g/mol. The van der Waals surface area contributed by atoms with E-state index in [1.165, 1.54) is 4.68 Å². The van der Waals surface area contributed by atoms with E-state index in [9.17, 15) is 9.59 Å². The van der Waals surface area contributed by atoms with Crippen molar-refractivity contribution in [3.8, 4) is 0 Å². The van der Waals surface area contributed by atoms with Gasteiger partial charge in [-0.15, -0.1) is 0 Å². The van der Waals surface area contributed by atoms with Crippen molar-refractivity contribution in [3.05, 3.63) is 39.5 Å². The van der Waals surface area contributed by atoms with Crippen LogP contribution in [0.25, 0.3) is 0 Å². The lowest BCUT2D eigenvalue weighted by Crippen LogP contribution is -2.47. The van der Waals surface area contributed by atoms with E-state index in [-0.39, 0.29) is 23.6 Å². The number of carbonyl (C=O) groups is 1. The van der Waals surface area contributed by atoms with Gasteiger partial charge in [0.15, 0.2) is 0 Å². The van der Waals surface area contributed by atoms with Crippen LogP contribution in [0.2, 0.25) is 0 Å². The second kappa shape index (κ2) is 8.39. The van der Waals surface area contributed by atoms with Crippen LogP contribution in [-0.2, 0) is 12.8 Å². The number of amides is 1. The molecule has 0 radical (unpaired) electrons. The number of aromatic nitrogens is 3. The molecule has 8 heteroatoms. The Morgan fingerprint density at radius 2 is 2.07 bits per heavy atom. The molecule has 8 nitrogen and oxygen atoms in total. The number of piperidine rings is 1. The second-order valence-electron chi connectivity index (χ2n) is 8.27.